The van der Waals surface area contributed by atoms with E-state index in [1.165, 1.54) is 11.1 Å². The minimum atomic E-state index is -0.448. The van der Waals surface area contributed by atoms with Gasteiger partial charge in [0.15, 0.2) is 0 Å². The van der Waals surface area contributed by atoms with Crippen LogP contribution in [0.4, 0.5) is 17.1 Å². The van der Waals surface area contributed by atoms with E-state index >= 15 is 0 Å². The molecule has 0 heterocycles. The molecule has 0 aliphatic rings. The van der Waals surface area contributed by atoms with Crippen LogP contribution in [0.3, 0.4) is 0 Å². The Morgan fingerprint density at radius 2 is 0.895 bits per heavy atom. The van der Waals surface area contributed by atoms with Crippen LogP contribution in [-0.4, -0.2) is 10.2 Å². The lowest BCUT2D eigenvalue weighted by atomic mass is 9.67. The first-order valence-corrected chi connectivity index (χ1v) is 13.0. The van der Waals surface area contributed by atoms with E-state index in [9.17, 15) is 10.2 Å². The van der Waals surface area contributed by atoms with Crippen LogP contribution in [-0.2, 0) is 5.41 Å². The third kappa shape index (κ3) is 4.52. The summed E-state index contributed by atoms with van der Waals surface area (Å²) in [7, 11) is 0. The number of aryl methyl sites for hydroxylation is 2. The molecule has 2 N–H and O–H groups in total. The molecule has 0 unspecified atom stereocenters. The number of nitrogens with zero attached hydrogens (tertiary/aromatic N) is 1. The second kappa shape index (κ2) is 10.5. The number of hydrogen-bond donors (Lipinski definition) is 2. The summed E-state index contributed by atoms with van der Waals surface area (Å²) in [6.45, 7) is 6.47. The highest BCUT2D eigenvalue weighted by molar-refractivity contribution is 5.80. The van der Waals surface area contributed by atoms with Crippen LogP contribution in [0.15, 0.2) is 121 Å². The predicted molar refractivity (Wildman–Crippen MR) is 157 cm³/mol. The van der Waals surface area contributed by atoms with Crippen molar-refractivity contribution in [3.05, 3.63) is 149 Å². The van der Waals surface area contributed by atoms with Crippen molar-refractivity contribution in [1.29, 1.82) is 0 Å². The lowest BCUT2D eigenvalue weighted by Crippen LogP contribution is -2.28. The minimum absolute atomic E-state index is 0.243. The third-order valence-electron chi connectivity index (χ3n) is 7.58. The average Bonchev–Trinajstić information content (AvgIpc) is 2.94. The summed E-state index contributed by atoms with van der Waals surface area (Å²) < 4.78 is 0. The summed E-state index contributed by atoms with van der Waals surface area (Å²) in [4.78, 5) is 2.32. The zero-order valence-corrected chi connectivity index (χ0v) is 22.1. The van der Waals surface area contributed by atoms with Gasteiger partial charge >= 0.3 is 0 Å². The molecule has 190 valence electrons. The second-order valence-corrected chi connectivity index (χ2v) is 9.81. The standard InChI is InChI=1S/C35H33NO2/c1-4-35(28-15-21-31(37)22-16-28,29-17-23-32(38)24-18-29)27-13-19-30(20-14-27)36(33-11-7-5-9-25(33)2)34-12-8-6-10-26(34)3/h5-24,37-38H,4H2,1-3H3. The molecule has 0 aliphatic heterocycles. The molecule has 5 aromatic rings. The Balaban J connectivity index is 1.68. The van der Waals surface area contributed by atoms with E-state index in [0.29, 0.717) is 0 Å². The number of para-hydroxylation sites is 2. The molecule has 0 fully saturated rings. The van der Waals surface area contributed by atoms with Crippen molar-refractivity contribution in [1.82, 2.24) is 0 Å². The van der Waals surface area contributed by atoms with Crippen molar-refractivity contribution in [3.63, 3.8) is 0 Å². The van der Waals surface area contributed by atoms with Crippen molar-refractivity contribution >= 4 is 17.1 Å². The molecule has 3 nitrogen and oxygen atoms in total. The lowest BCUT2D eigenvalue weighted by molar-refractivity contribution is 0.473. The van der Waals surface area contributed by atoms with Crippen molar-refractivity contribution in [3.8, 4) is 11.5 Å². The first-order valence-electron chi connectivity index (χ1n) is 13.0. The summed E-state index contributed by atoms with van der Waals surface area (Å²) in [5, 5.41) is 20.0. The van der Waals surface area contributed by atoms with Gasteiger partial charge < -0.3 is 15.1 Å². The van der Waals surface area contributed by atoms with Gasteiger partial charge in [-0.2, -0.15) is 0 Å². The van der Waals surface area contributed by atoms with Gasteiger partial charge in [-0.15, -0.1) is 0 Å². The molecule has 0 aromatic heterocycles. The largest absolute Gasteiger partial charge is 0.508 e. The van der Waals surface area contributed by atoms with E-state index < -0.39 is 5.41 Å². The Labute approximate surface area is 225 Å². The Hall–Kier alpha value is -4.50. The molecule has 0 aliphatic carbocycles. The number of hydrogen-bond acceptors (Lipinski definition) is 3. The number of aromatic hydroxyl groups is 2. The van der Waals surface area contributed by atoms with Crippen LogP contribution in [0.25, 0.3) is 0 Å². The van der Waals surface area contributed by atoms with E-state index in [4.69, 9.17) is 0 Å². The summed E-state index contributed by atoms with van der Waals surface area (Å²) in [5.41, 5.74) is 8.66. The maximum Gasteiger partial charge on any atom is 0.115 e. The highest BCUT2D eigenvalue weighted by Gasteiger charge is 2.35. The van der Waals surface area contributed by atoms with E-state index in [1.54, 1.807) is 24.3 Å². The van der Waals surface area contributed by atoms with E-state index in [0.717, 1.165) is 40.2 Å². The Bertz CT molecular complexity index is 1430. The van der Waals surface area contributed by atoms with Gasteiger partial charge in [-0.1, -0.05) is 79.7 Å². The van der Waals surface area contributed by atoms with Crippen LogP contribution < -0.4 is 4.90 Å². The number of rotatable bonds is 7. The highest BCUT2D eigenvalue weighted by atomic mass is 16.3. The van der Waals surface area contributed by atoms with Crippen molar-refractivity contribution in [2.45, 2.75) is 32.6 Å². The van der Waals surface area contributed by atoms with Gasteiger partial charge in [0, 0.05) is 22.5 Å². The lowest BCUT2D eigenvalue weighted by Gasteiger charge is -2.36. The molecule has 5 rings (SSSR count). The fourth-order valence-electron chi connectivity index (χ4n) is 5.54. The summed E-state index contributed by atoms with van der Waals surface area (Å²) in [6.07, 6.45) is 0.807. The zero-order chi connectivity index (χ0) is 26.7. The molecule has 3 heteroatoms. The summed E-state index contributed by atoms with van der Waals surface area (Å²) >= 11 is 0. The molecule has 0 radical (unpaired) electrons. The first kappa shape index (κ1) is 25.2. The van der Waals surface area contributed by atoms with Crippen LogP contribution in [0, 0.1) is 13.8 Å². The smallest absolute Gasteiger partial charge is 0.115 e. The molecule has 0 amide bonds. The summed E-state index contributed by atoms with van der Waals surface area (Å²) in [6, 6.07) is 40.7. The van der Waals surface area contributed by atoms with Crippen molar-refractivity contribution in [2.24, 2.45) is 0 Å². The van der Waals surface area contributed by atoms with Crippen molar-refractivity contribution in [2.75, 3.05) is 4.90 Å². The monoisotopic (exact) mass is 499 g/mol. The van der Waals surface area contributed by atoms with Crippen LogP contribution in [0.1, 0.15) is 41.2 Å². The highest BCUT2D eigenvalue weighted by Crippen LogP contribution is 2.45. The van der Waals surface area contributed by atoms with E-state index in [1.807, 2.05) is 24.3 Å². The van der Waals surface area contributed by atoms with Gasteiger partial charge in [0.1, 0.15) is 11.5 Å². The van der Waals surface area contributed by atoms with Crippen LogP contribution in [0.5, 0.6) is 11.5 Å². The molecule has 0 saturated carbocycles. The third-order valence-corrected chi connectivity index (χ3v) is 7.58. The van der Waals surface area contributed by atoms with Crippen molar-refractivity contribution < 1.29 is 10.2 Å². The minimum Gasteiger partial charge on any atom is -0.508 e. The van der Waals surface area contributed by atoms with Crippen LogP contribution >= 0.6 is 0 Å². The Morgan fingerprint density at radius 1 is 0.526 bits per heavy atom. The summed E-state index contributed by atoms with van der Waals surface area (Å²) in [5.74, 6) is 0.485. The molecule has 0 atom stereocenters. The zero-order valence-electron chi connectivity index (χ0n) is 22.1. The quantitative estimate of drug-likeness (QED) is 0.220. The Morgan fingerprint density at radius 3 is 1.26 bits per heavy atom. The number of benzene rings is 5. The van der Waals surface area contributed by atoms with E-state index in [2.05, 4.69) is 98.5 Å². The first-order chi connectivity index (χ1) is 18.4. The topological polar surface area (TPSA) is 43.7 Å². The normalized spacial score (nSPS) is 11.3. The average molecular weight is 500 g/mol. The van der Waals surface area contributed by atoms with Gasteiger partial charge in [0.25, 0.3) is 0 Å². The second-order valence-electron chi connectivity index (χ2n) is 9.81. The van der Waals surface area contributed by atoms with Crippen LogP contribution in [0.2, 0.25) is 0 Å². The molecular weight excluding hydrogens is 466 g/mol. The van der Waals surface area contributed by atoms with Gasteiger partial charge in [-0.05, 0) is 96.6 Å². The molecule has 0 bridgehead atoms. The number of phenols is 2. The Kier molecular flexibility index (Phi) is 6.93. The molecule has 5 aromatic carbocycles. The van der Waals surface area contributed by atoms with E-state index in [-0.39, 0.29) is 11.5 Å². The fraction of sp³-hybridized carbons (Fsp3) is 0.143. The fourth-order valence-corrected chi connectivity index (χ4v) is 5.54. The maximum absolute atomic E-state index is 9.99. The number of anilines is 3. The maximum atomic E-state index is 9.99. The van der Waals surface area contributed by atoms with Gasteiger partial charge in [0.2, 0.25) is 0 Å². The van der Waals surface area contributed by atoms with Gasteiger partial charge in [0.05, 0.1) is 0 Å². The number of phenolic OH excluding ortho intramolecular Hbond substituents is 2. The SMILES string of the molecule is CCC(c1ccc(O)cc1)(c1ccc(O)cc1)c1ccc(N(c2ccccc2C)c2ccccc2C)cc1. The predicted octanol–water partition coefficient (Wildman–Crippen LogP) is 8.93. The molecular formula is C35H33NO2. The van der Waals surface area contributed by atoms with Gasteiger partial charge in [-0.3, -0.25) is 0 Å². The molecule has 0 spiro atoms. The molecule has 0 saturated heterocycles. The molecule has 38 heavy (non-hydrogen) atoms. The van der Waals surface area contributed by atoms with Gasteiger partial charge in [-0.25, -0.2) is 0 Å².